The lowest BCUT2D eigenvalue weighted by Crippen LogP contribution is -2.27. The Hall–Kier alpha value is -1.22. The summed E-state index contributed by atoms with van der Waals surface area (Å²) in [6.45, 7) is 7.33. The molecule has 3 nitrogen and oxygen atoms in total. The van der Waals surface area contributed by atoms with Crippen molar-refractivity contribution in [2.75, 3.05) is 32.2 Å². The van der Waals surface area contributed by atoms with Crippen molar-refractivity contribution in [1.29, 1.82) is 0 Å². The van der Waals surface area contributed by atoms with E-state index < -0.39 is 0 Å². The van der Waals surface area contributed by atoms with Crippen LogP contribution in [-0.2, 0) is 0 Å². The minimum absolute atomic E-state index is 0.230. The second-order valence-electron chi connectivity index (χ2n) is 4.97. The van der Waals surface area contributed by atoms with Crippen LogP contribution in [0.2, 0.25) is 0 Å². The van der Waals surface area contributed by atoms with E-state index in [2.05, 4.69) is 44.9 Å². The standard InChI is InChI=1S/C15H25NO2/c1-6-13(10-17)9-16(4)14-8-11(2)7-12(3)15(14)18-5/h7-8,13,17H,6,9-10H2,1-5H3. The van der Waals surface area contributed by atoms with Crippen LogP contribution >= 0.6 is 0 Å². The lowest BCUT2D eigenvalue weighted by atomic mass is 10.1. The lowest BCUT2D eigenvalue weighted by Gasteiger charge is -2.26. The highest BCUT2D eigenvalue weighted by Gasteiger charge is 2.15. The topological polar surface area (TPSA) is 32.7 Å². The first-order chi connectivity index (χ1) is 8.53. The van der Waals surface area contributed by atoms with Crippen molar-refractivity contribution < 1.29 is 9.84 Å². The third-order valence-electron chi connectivity index (χ3n) is 3.38. The smallest absolute Gasteiger partial charge is 0.145 e. The van der Waals surface area contributed by atoms with Crippen LogP contribution in [0.1, 0.15) is 24.5 Å². The first-order valence-corrected chi connectivity index (χ1v) is 6.50. The molecule has 1 rings (SSSR count). The number of rotatable bonds is 6. The zero-order chi connectivity index (χ0) is 13.7. The fourth-order valence-corrected chi connectivity index (χ4v) is 2.28. The van der Waals surface area contributed by atoms with Crippen molar-refractivity contribution >= 4 is 5.69 Å². The van der Waals surface area contributed by atoms with Gasteiger partial charge in [-0.1, -0.05) is 13.0 Å². The van der Waals surface area contributed by atoms with Gasteiger partial charge in [0.05, 0.1) is 12.8 Å². The molecule has 0 heterocycles. The van der Waals surface area contributed by atoms with Crippen LogP contribution in [0.4, 0.5) is 5.69 Å². The summed E-state index contributed by atoms with van der Waals surface area (Å²) in [7, 11) is 3.76. The highest BCUT2D eigenvalue weighted by Crippen LogP contribution is 2.32. The number of aliphatic hydroxyl groups excluding tert-OH is 1. The van der Waals surface area contributed by atoms with E-state index in [0.717, 1.165) is 30.0 Å². The van der Waals surface area contributed by atoms with Gasteiger partial charge in [0.1, 0.15) is 5.75 Å². The predicted octanol–water partition coefficient (Wildman–Crippen LogP) is 2.77. The summed E-state index contributed by atoms with van der Waals surface area (Å²) in [5.41, 5.74) is 3.48. The van der Waals surface area contributed by atoms with Crippen molar-refractivity contribution in [3.05, 3.63) is 23.3 Å². The molecule has 0 aromatic heterocycles. The molecule has 1 N–H and O–H groups in total. The molecule has 3 heteroatoms. The monoisotopic (exact) mass is 251 g/mol. The first kappa shape index (κ1) is 14.8. The summed E-state index contributed by atoms with van der Waals surface area (Å²) in [6, 6.07) is 4.26. The van der Waals surface area contributed by atoms with Gasteiger partial charge >= 0.3 is 0 Å². The lowest BCUT2D eigenvalue weighted by molar-refractivity contribution is 0.225. The number of benzene rings is 1. The molecular weight excluding hydrogens is 226 g/mol. The summed E-state index contributed by atoms with van der Waals surface area (Å²) in [5.74, 6) is 1.23. The molecule has 1 aromatic carbocycles. The summed E-state index contributed by atoms with van der Waals surface area (Å²) < 4.78 is 5.50. The van der Waals surface area contributed by atoms with Gasteiger partial charge in [0.25, 0.3) is 0 Å². The zero-order valence-electron chi connectivity index (χ0n) is 12.2. The molecule has 0 aliphatic carbocycles. The van der Waals surface area contributed by atoms with E-state index >= 15 is 0 Å². The molecule has 0 amide bonds. The van der Waals surface area contributed by atoms with Gasteiger partial charge in [-0.15, -0.1) is 0 Å². The average Bonchev–Trinajstić information content (AvgIpc) is 2.34. The van der Waals surface area contributed by atoms with Gasteiger partial charge < -0.3 is 14.7 Å². The molecule has 1 atom stereocenters. The Bertz CT molecular complexity index is 386. The number of aliphatic hydroxyl groups is 1. The van der Waals surface area contributed by atoms with Gasteiger partial charge in [-0.25, -0.2) is 0 Å². The van der Waals surface area contributed by atoms with Crippen molar-refractivity contribution in [2.45, 2.75) is 27.2 Å². The number of anilines is 1. The minimum atomic E-state index is 0.230. The third-order valence-corrected chi connectivity index (χ3v) is 3.38. The van der Waals surface area contributed by atoms with E-state index in [-0.39, 0.29) is 6.61 Å². The van der Waals surface area contributed by atoms with Crippen LogP contribution in [0, 0.1) is 19.8 Å². The van der Waals surface area contributed by atoms with E-state index in [1.54, 1.807) is 7.11 Å². The molecule has 0 spiro atoms. The quantitative estimate of drug-likeness (QED) is 0.844. The SMILES string of the molecule is CCC(CO)CN(C)c1cc(C)cc(C)c1OC. The molecule has 1 unspecified atom stereocenters. The molecule has 0 bridgehead atoms. The van der Waals surface area contributed by atoms with E-state index in [9.17, 15) is 5.11 Å². The summed E-state index contributed by atoms with van der Waals surface area (Å²) in [4.78, 5) is 2.17. The predicted molar refractivity (Wildman–Crippen MR) is 76.6 cm³/mol. The molecule has 0 aliphatic rings. The number of methoxy groups -OCH3 is 1. The van der Waals surface area contributed by atoms with Crippen LogP contribution in [0.3, 0.4) is 0 Å². The fourth-order valence-electron chi connectivity index (χ4n) is 2.28. The molecular formula is C15H25NO2. The summed E-state index contributed by atoms with van der Waals surface area (Å²) >= 11 is 0. The van der Waals surface area contributed by atoms with Crippen molar-refractivity contribution in [3.8, 4) is 5.75 Å². The van der Waals surface area contributed by atoms with Gasteiger partial charge in [-0.3, -0.25) is 0 Å². The van der Waals surface area contributed by atoms with Crippen LogP contribution in [-0.4, -0.2) is 32.4 Å². The molecule has 0 fully saturated rings. The molecule has 18 heavy (non-hydrogen) atoms. The van der Waals surface area contributed by atoms with Crippen LogP contribution in [0.25, 0.3) is 0 Å². The molecule has 0 saturated carbocycles. The molecule has 1 aromatic rings. The Balaban J connectivity index is 3.00. The molecule has 0 radical (unpaired) electrons. The highest BCUT2D eigenvalue weighted by molar-refractivity contribution is 5.63. The minimum Gasteiger partial charge on any atom is -0.494 e. The number of nitrogens with zero attached hydrogens (tertiary/aromatic N) is 1. The Morgan fingerprint density at radius 3 is 2.50 bits per heavy atom. The van der Waals surface area contributed by atoms with E-state index in [1.165, 1.54) is 5.56 Å². The Labute approximate surface area is 110 Å². The Morgan fingerprint density at radius 2 is 2.00 bits per heavy atom. The summed E-state index contributed by atoms with van der Waals surface area (Å²) in [5, 5.41) is 9.30. The maximum atomic E-state index is 9.30. The van der Waals surface area contributed by atoms with Crippen molar-refractivity contribution in [3.63, 3.8) is 0 Å². The average molecular weight is 251 g/mol. The molecule has 0 aliphatic heterocycles. The largest absolute Gasteiger partial charge is 0.494 e. The Morgan fingerprint density at radius 1 is 1.33 bits per heavy atom. The molecule has 102 valence electrons. The Kier molecular flexibility index (Phi) is 5.48. The second kappa shape index (κ2) is 6.64. The van der Waals surface area contributed by atoms with Crippen LogP contribution in [0.5, 0.6) is 5.75 Å². The fraction of sp³-hybridized carbons (Fsp3) is 0.600. The van der Waals surface area contributed by atoms with Crippen molar-refractivity contribution in [1.82, 2.24) is 0 Å². The van der Waals surface area contributed by atoms with Gasteiger partial charge in [0.2, 0.25) is 0 Å². The zero-order valence-corrected chi connectivity index (χ0v) is 12.2. The van der Waals surface area contributed by atoms with Crippen LogP contribution < -0.4 is 9.64 Å². The number of ether oxygens (including phenoxy) is 1. The number of hydrogen-bond acceptors (Lipinski definition) is 3. The maximum Gasteiger partial charge on any atom is 0.145 e. The maximum absolute atomic E-state index is 9.30. The van der Waals surface area contributed by atoms with Gasteiger partial charge in [0.15, 0.2) is 0 Å². The van der Waals surface area contributed by atoms with E-state index in [4.69, 9.17) is 4.74 Å². The van der Waals surface area contributed by atoms with Gasteiger partial charge in [-0.05, 0) is 43.4 Å². The third kappa shape index (κ3) is 3.39. The molecule has 0 saturated heterocycles. The first-order valence-electron chi connectivity index (χ1n) is 6.50. The normalized spacial score (nSPS) is 12.3. The second-order valence-corrected chi connectivity index (χ2v) is 4.97. The van der Waals surface area contributed by atoms with Gasteiger partial charge in [-0.2, -0.15) is 0 Å². The van der Waals surface area contributed by atoms with E-state index in [0.29, 0.717) is 5.92 Å². The van der Waals surface area contributed by atoms with Crippen LogP contribution in [0.15, 0.2) is 12.1 Å². The van der Waals surface area contributed by atoms with E-state index in [1.807, 2.05) is 0 Å². The van der Waals surface area contributed by atoms with Crippen molar-refractivity contribution in [2.24, 2.45) is 5.92 Å². The van der Waals surface area contributed by atoms with Gasteiger partial charge in [0, 0.05) is 20.2 Å². The highest BCUT2D eigenvalue weighted by atomic mass is 16.5. The summed E-state index contributed by atoms with van der Waals surface area (Å²) in [6.07, 6.45) is 0.980. The number of aryl methyl sites for hydroxylation is 2. The number of hydrogen-bond donors (Lipinski definition) is 1.